The van der Waals surface area contributed by atoms with Crippen LogP contribution >= 0.6 is 0 Å². The third-order valence-corrected chi connectivity index (χ3v) is 3.14. The van der Waals surface area contributed by atoms with Crippen LogP contribution in [0.2, 0.25) is 0 Å². The summed E-state index contributed by atoms with van der Waals surface area (Å²) in [5, 5.41) is 0. The first-order valence-corrected chi connectivity index (χ1v) is 6.29. The van der Waals surface area contributed by atoms with E-state index >= 15 is 0 Å². The highest BCUT2D eigenvalue weighted by Crippen LogP contribution is 2.25. The maximum Gasteiger partial charge on any atom is 0.263 e. The second kappa shape index (κ2) is 5.92. The molecule has 0 radical (unpaired) electrons. The fourth-order valence-electron chi connectivity index (χ4n) is 1.95. The second-order valence-electron chi connectivity index (χ2n) is 4.39. The lowest BCUT2D eigenvalue weighted by Gasteiger charge is -2.11. The van der Waals surface area contributed by atoms with Crippen molar-refractivity contribution in [1.29, 1.82) is 0 Å². The minimum absolute atomic E-state index is 0.0197. The Kier molecular flexibility index (Phi) is 4.24. The number of nitrogens with one attached hydrogen (secondary N) is 1. The SMILES string of the molecule is CCc1nc(-c2ccc(C(F)F)cc2)nc(NN)c1C. The summed E-state index contributed by atoms with van der Waals surface area (Å²) < 4.78 is 25.1. The number of alkyl halides is 2. The molecule has 0 atom stereocenters. The number of nitrogens with two attached hydrogens (primary N) is 1. The van der Waals surface area contributed by atoms with Gasteiger partial charge in [-0.2, -0.15) is 0 Å². The van der Waals surface area contributed by atoms with E-state index in [-0.39, 0.29) is 5.56 Å². The van der Waals surface area contributed by atoms with Gasteiger partial charge in [0.25, 0.3) is 6.43 Å². The number of aryl methyl sites for hydroxylation is 1. The van der Waals surface area contributed by atoms with Gasteiger partial charge in [-0.15, -0.1) is 0 Å². The van der Waals surface area contributed by atoms with E-state index in [1.165, 1.54) is 12.1 Å². The number of nitrogen functional groups attached to an aromatic ring is 1. The highest BCUT2D eigenvalue weighted by Gasteiger charge is 2.12. The lowest BCUT2D eigenvalue weighted by molar-refractivity contribution is 0.151. The van der Waals surface area contributed by atoms with Gasteiger partial charge in [0.1, 0.15) is 5.82 Å². The first-order chi connectivity index (χ1) is 9.56. The van der Waals surface area contributed by atoms with Crippen LogP contribution in [0.25, 0.3) is 11.4 Å². The van der Waals surface area contributed by atoms with Crippen LogP contribution in [0.4, 0.5) is 14.6 Å². The fourth-order valence-corrected chi connectivity index (χ4v) is 1.95. The van der Waals surface area contributed by atoms with Gasteiger partial charge < -0.3 is 5.43 Å². The zero-order valence-electron chi connectivity index (χ0n) is 11.3. The summed E-state index contributed by atoms with van der Waals surface area (Å²) in [7, 11) is 0. The van der Waals surface area contributed by atoms with E-state index in [0.29, 0.717) is 17.2 Å². The van der Waals surface area contributed by atoms with Crippen LogP contribution in [0.5, 0.6) is 0 Å². The molecule has 106 valence electrons. The Morgan fingerprint density at radius 1 is 1.20 bits per heavy atom. The van der Waals surface area contributed by atoms with Crippen LogP contribution in [0.1, 0.15) is 30.2 Å². The van der Waals surface area contributed by atoms with Crippen molar-refractivity contribution in [3.05, 3.63) is 41.1 Å². The molecule has 0 bridgehead atoms. The summed E-state index contributed by atoms with van der Waals surface area (Å²) in [6.45, 7) is 3.87. The topological polar surface area (TPSA) is 63.8 Å². The minimum atomic E-state index is -2.48. The van der Waals surface area contributed by atoms with Gasteiger partial charge in [0.05, 0.1) is 0 Å². The average Bonchev–Trinajstić information content (AvgIpc) is 2.47. The number of rotatable bonds is 4. The van der Waals surface area contributed by atoms with Gasteiger partial charge in [-0.1, -0.05) is 31.2 Å². The lowest BCUT2D eigenvalue weighted by atomic mass is 10.1. The Morgan fingerprint density at radius 2 is 1.85 bits per heavy atom. The number of hydrogen-bond donors (Lipinski definition) is 2. The molecule has 0 amide bonds. The van der Waals surface area contributed by atoms with Crippen molar-refractivity contribution in [2.24, 2.45) is 5.84 Å². The third kappa shape index (κ3) is 2.75. The molecule has 4 nitrogen and oxygen atoms in total. The van der Waals surface area contributed by atoms with Crippen molar-refractivity contribution >= 4 is 5.82 Å². The molecule has 0 saturated carbocycles. The van der Waals surface area contributed by atoms with E-state index in [1.807, 2.05) is 13.8 Å². The van der Waals surface area contributed by atoms with E-state index in [0.717, 1.165) is 17.7 Å². The molecule has 2 rings (SSSR count). The van der Waals surface area contributed by atoms with E-state index in [4.69, 9.17) is 5.84 Å². The van der Waals surface area contributed by atoms with Gasteiger partial charge in [0.15, 0.2) is 5.82 Å². The van der Waals surface area contributed by atoms with Gasteiger partial charge in [0.2, 0.25) is 0 Å². The molecule has 0 fully saturated rings. The molecule has 2 aromatic rings. The number of benzene rings is 1. The predicted molar refractivity (Wildman–Crippen MR) is 74.4 cm³/mol. The molecule has 0 aliphatic rings. The minimum Gasteiger partial charge on any atom is -0.308 e. The van der Waals surface area contributed by atoms with Crippen molar-refractivity contribution < 1.29 is 8.78 Å². The highest BCUT2D eigenvalue weighted by atomic mass is 19.3. The first kappa shape index (κ1) is 14.3. The molecule has 1 aromatic heterocycles. The largest absolute Gasteiger partial charge is 0.308 e. The molecule has 0 spiro atoms. The summed E-state index contributed by atoms with van der Waals surface area (Å²) in [4.78, 5) is 8.76. The molecule has 20 heavy (non-hydrogen) atoms. The summed E-state index contributed by atoms with van der Waals surface area (Å²) in [5.74, 6) is 6.47. The van der Waals surface area contributed by atoms with Crippen molar-refractivity contribution in [3.63, 3.8) is 0 Å². The third-order valence-electron chi connectivity index (χ3n) is 3.14. The van der Waals surface area contributed by atoms with Crippen LogP contribution < -0.4 is 11.3 Å². The number of hydrogen-bond acceptors (Lipinski definition) is 4. The molecular weight excluding hydrogens is 262 g/mol. The maximum absolute atomic E-state index is 12.5. The maximum atomic E-state index is 12.5. The van der Waals surface area contributed by atoms with E-state index in [2.05, 4.69) is 15.4 Å². The number of hydrazine groups is 1. The van der Waals surface area contributed by atoms with Crippen molar-refractivity contribution in [2.45, 2.75) is 26.7 Å². The molecule has 6 heteroatoms. The van der Waals surface area contributed by atoms with Gasteiger partial charge in [0, 0.05) is 22.4 Å². The van der Waals surface area contributed by atoms with Gasteiger partial charge in [-0.05, 0) is 13.3 Å². The van der Waals surface area contributed by atoms with Gasteiger partial charge in [-0.25, -0.2) is 24.6 Å². The van der Waals surface area contributed by atoms with Crippen LogP contribution in [0, 0.1) is 6.92 Å². The molecule has 0 aliphatic carbocycles. The van der Waals surface area contributed by atoms with Crippen molar-refractivity contribution in [1.82, 2.24) is 9.97 Å². The summed E-state index contributed by atoms with van der Waals surface area (Å²) in [6, 6.07) is 5.94. The summed E-state index contributed by atoms with van der Waals surface area (Å²) in [6.07, 6.45) is -1.74. The van der Waals surface area contributed by atoms with Crippen LogP contribution in [-0.2, 0) is 6.42 Å². The zero-order chi connectivity index (χ0) is 14.7. The Morgan fingerprint density at radius 3 is 2.35 bits per heavy atom. The summed E-state index contributed by atoms with van der Waals surface area (Å²) >= 11 is 0. The normalized spacial score (nSPS) is 10.9. The van der Waals surface area contributed by atoms with Crippen LogP contribution in [-0.4, -0.2) is 9.97 Å². The smallest absolute Gasteiger partial charge is 0.263 e. The number of aromatic nitrogens is 2. The fraction of sp³-hybridized carbons (Fsp3) is 0.286. The van der Waals surface area contributed by atoms with Crippen LogP contribution in [0.3, 0.4) is 0 Å². The highest BCUT2D eigenvalue weighted by molar-refractivity contribution is 5.60. The molecule has 1 heterocycles. The number of halogens is 2. The Balaban J connectivity index is 2.46. The number of anilines is 1. The molecule has 0 unspecified atom stereocenters. The van der Waals surface area contributed by atoms with E-state index < -0.39 is 6.43 Å². The Labute approximate surface area is 116 Å². The number of nitrogens with zero attached hydrogens (tertiary/aromatic N) is 2. The van der Waals surface area contributed by atoms with Gasteiger partial charge in [-0.3, -0.25) is 0 Å². The lowest BCUT2D eigenvalue weighted by Crippen LogP contribution is -2.13. The average molecular weight is 278 g/mol. The predicted octanol–water partition coefficient (Wildman–Crippen LogP) is 3.24. The molecule has 0 aliphatic heterocycles. The van der Waals surface area contributed by atoms with Crippen LogP contribution in [0.15, 0.2) is 24.3 Å². The standard InChI is InChI=1S/C14H16F2N4/c1-3-11-8(2)13(20-17)19-14(18-11)10-6-4-9(5-7-10)12(15)16/h4-7,12H,3,17H2,1-2H3,(H,18,19,20). The van der Waals surface area contributed by atoms with Crippen molar-refractivity contribution in [3.8, 4) is 11.4 Å². The zero-order valence-corrected chi connectivity index (χ0v) is 11.3. The molecule has 3 N–H and O–H groups in total. The summed E-state index contributed by atoms with van der Waals surface area (Å²) in [5.41, 5.74) is 4.97. The quantitative estimate of drug-likeness (QED) is 0.665. The molecule has 1 aromatic carbocycles. The first-order valence-electron chi connectivity index (χ1n) is 6.29. The van der Waals surface area contributed by atoms with E-state index in [1.54, 1.807) is 12.1 Å². The van der Waals surface area contributed by atoms with Gasteiger partial charge >= 0.3 is 0 Å². The molecule has 0 saturated heterocycles. The monoisotopic (exact) mass is 278 g/mol. The molecular formula is C14H16F2N4. The van der Waals surface area contributed by atoms with Crippen molar-refractivity contribution in [2.75, 3.05) is 5.43 Å². The van der Waals surface area contributed by atoms with E-state index in [9.17, 15) is 8.78 Å². The Bertz CT molecular complexity index is 572. The Hall–Kier alpha value is -2.08. The second-order valence-corrected chi connectivity index (χ2v) is 4.39.